The standard InChI is InChI=1S/C14H17FN2/c1-13(2)9-14(10-16,6-7-17-13)11-4-3-5-12(15)8-11/h3-5,8,17H,6-7,9H2,1-2H3. The summed E-state index contributed by atoms with van der Waals surface area (Å²) in [6.07, 6.45) is 1.44. The number of hydrogen-bond donors (Lipinski definition) is 1. The molecule has 1 aromatic carbocycles. The normalized spacial score (nSPS) is 27.4. The van der Waals surface area contributed by atoms with Crippen LogP contribution >= 0.6 is 0 Å². The molecular formula is C14H17FN2. The largest absolute Gasteiger partial charge is 0.312 e. The lowest BCUT2D eigenvalue weighted by Gasteiger charge is -2.41. The van der Waals surface area contributed by atoms with Crippen LogP contribution in [0.5, 0.6) is 0 Å². The highest BCUT2D eigenvalue weighted by Gasteiger charge is 2.41. The van der Waals surface area contributed by atoms with Crippen molar-refractivity contribution in [1.82, 2.24) is 5.32 Å². The van der Waals surface area contributed by atoms with Gasteiger partial charge in [-0.05, 0) is 50.9 Å². The Morgan fingerprint density at radius 2 is 2.18 bits per heavy atom. The molecular weight excluding hydrogens is 215 g/mol. The monoisotopic (exact) mass is 232 g/mol. The van der Waals surface area contributed by atoms with Crippen molar-refractivity contribution in [2.24, 2.45) is 0 Å². The first-order valence-corrected chi connectivity index (χ1v) is 5.90. The molecule has 1 aliphatic rings. The third-order valence-corrected chi connectivity index (χ3v) is 3.49. The van der Waals surface area contributed by atoms with Gasteiger partial charge < -0.3 is 5.32 Å². The quantitative estimate of drug-likeness (QED) is 0.808. The van der Waals surface area contributed by atoms with Crippen molar-refractivity contribution >= 4 is 0 Å². The Hall–Kier alpha value is -1.40. The van der Waals surface area contributed by atoms with Crippen molar-refractivity contribution in [1.29, 1.82) is 5.26 Å². The molecule has 1 unspecified atom stereocenters. The second kappa shape index (κ2) is 4.12. The molecule has 0 aromatic heterocycles. The molecule has 90 valence electrons. The van der Waals surface area contributed by atoms with E-state index < -0.39 is 5.41 Å². The summed E-state index contributed by atoms with van der Waals surface area (Å²) in [5.74, 6) is -0.270. The van der Waals surface area contributed by atoms with Crippen LogP contribution in [0, 0.1) is 17.1 Å². The van der Waals surface area contributed by atoms with Crippen LogP contribution < -0.4 is 5.32 Å². The molecule has 1 heterocycles. The van der Waals surface area contributed by atoms with Crippen LogP contribution in [0.4, 0.5) is 4.39 Å². The summed E-state index contributed by atoms with van der Waals surface area (Å²) in [4.78, 5) is 0. The molecule has 3 heteroatoms. The van der Waals surface area contributed by atoms with Gasteiger partial charge in [-0.1, -0.05) is 12.1 Å². The number of nitrogens with zero attached hydrogens (tertiary/aromatic N) is 1. The van der Waals surface area contributed by atoms with Gasteiger partial charge in [-0.3, -0.25) is 0 Å². The molecule has 1 atom stereocenters. The second-order valence-corrected chi connectivity index (χ2v) is 5.44. The van der Waals surface area contributed by atoms with E-state index in [1.165, 1.54) is 12.1 Å². The van der Waals surface area contributed by atoms with Gasteiger partial charge >= 0.3 is 0 Å². The number of piperidine rings is 1. The van der Waals surface area contributed by atoms with E-state index in [1.54, 1.807) is 6.07 Å². The van der Waals surface area contributed by atoms with Gasteiger partial charge in [-0.25, -0.2) is 4.39 Å². The minimum Gasteiger partial charge on any atom is -0.312 e. The molecule has 0 spiro atoms. The van der Waals surface area contributed by atoms with Crippen molar-refractivity contribution in [2.45, 2.75) is 37.6 Å². The Balaban J connectivity index is 2.42. The SMILES string of the molecule is CC1(C)CC(C#N)(c2cccc(F)c2)CCN1. The Morgan fingerprint density at radius 3 is 2.76 bits per heavy atom. The number of nitriles is 1. The average molecular weight is 232 g/mol. The lowest BCUT2D eigenvalue weighted by atomic mass is 9.68. The summed E-state index contributed by atoms with van der Waals surface area (Å²) in [5.41, 5.74) is 0.159. The van der Waals surface area contributed by atoms with E-state index in [9.17, 15) is 9.65 Å². The molecule has 1 aliphatic heterocycles. The summed E-state index contributed by atoms with van der Waals surface area (Å²) in [5, 5.41) is 12.9. The van der Waals surface area contributed by atoms with Gasteiger partial charge in [-0.15, -0.1) is 0 Å². The van der Waals surface area contributed by atoms with Crippen molar-refractivity contribution in [2.75, 3.05) is 6.54 Å². The average Bonchev–Trinajstić information content (AvgIpc) is 2.27. The maximum atomic E-state index is 13.3. The first-order valence-electron chi connectivity index (χ1n) is 5.90. The van der Waals surface area contributed by atoms with Crippen LogP contribution in [-0.2, 0) is 5.41 Å². The summed E-state index contributed by atoms with van der Waals surface area (Å²) < 4.78 is 13.3. The topological polar surface area (TPSA) is 35.8 Å². The second-order valence-electron chi connectivity index (χ2n) is 5.44. The van der Waals surface area contributed by atoms with E-state index in [0.29, 0.717) is 6.42 Å². The molecule has 0 saturated carbocycles. The maximum Gasteiger partial charge on any atom is 0.123 e. The first-order chi connectivity index (χ1) is 7.97. The third kappa shape index (κ3) is 2.32. The highest BCUT2D eigenvalue weighted by molar-refractivity contribution is 5.34. The molecule has 1 N–H and O–H groups in total. The molecule has 1 saturated heterocycles. The number of benzene rings is 1. The van der Waals surface area contributed by atoms with Crippen molar-refractivity contribution in [3.63, 3.8) is 0 Å². The van der Waals surface area contributed by atoms with Crippen LogP contribution in [0.15, 0.2) is 24.3 Å². The van der Waals surface area contributed by atoms with Crippen molar-refractivity contribution in [3.8, 4) is 6.07 Å². The number of halogens is 1. The van der Waals surface area contributed by atoms with Crippen LogP contribution in [0.2, 0.25) is 0 Å². The van der Waals surface area contributed by atoms with Crippen molar-refractivity contribution in [3.05, 3.63) is 35.6 Å². The smallest absolute Gasteiger partial charge is 0.123 e. The van der Waals surface area contributed by atoms with Crippen LogP contribution in [0.25, 0.3) is 0 Å². The van der Waals surface area contributed by atoms with E-state index in [-0.39, 0.29) is 11.4 Å². The molecule has 17 heavy (non-hydrogen) atoms. The van der Waals surface area contributed by atoms with Gasteiger partial charge in [0, 0.05) is 5.54 Å². The summed E-state index contributed by atoms with van der Waals surface area (Å²) in [6, 6.07) is 8.85. The highest BCUT2D eigenvalue weighted by atomic mass is 19.1. The molecule has 1 fully saturated rings. The summed E-state index contributed by atoms with van der Waals surface area (Å²) in [7, 11) is 0. The van der Waals surface area contributed by atoms with Crippen molar-refractivity contribution < 1.29 is 4.39 Å². The Labute approximate surface area is 101 Å². The molecule has 0 radical (unpaired) electrons. The van der Waals surface area contributed by atoms with Crippen LogP contribution in [-0.4, -0.2) is 12.1 Å². The fourth-order valence-corrected chi connectivity index (χ4v) is 2.71. The maximum absolute atomic E-state index is 13.3. The van der Waals surface area contributed by atoms with Gasteiger partial charge in [0.1, 0.15) is 5.82 Å². The minimum atomic E-state index is -0.559. The van der Waals surface area contributed by atoms with Crippen LogP contribution in [0.3, 0.4) is 0 Å². The Bertz CT molecular complexity index is 462. The minimum absolute atomic E-state index is 0.0830. The molecule has 2 nitrogen and oxygen atoms in total. The predicted molar refractivity (Wildman–Crippen MR) is 65.0 cm³/mol. The highest BCUT2D eigenvalue weighted by Crippen LogP contribution is 2.38. The van der Waals surface area contributed by atoms with Gasteiger partial charge in [0.25, 0.3) is 0 Å². The van der Waals surface area contributed by atoms with Gasteiger partial charge in [0.05, 0.1) is 11.5 Å². The van der Waals surface area contributed by atoms with Gasteiger partial charge in [-0.2, -0.15) is 5.26 Å². The van der Waals surface area contributed by atoms with E-state index in [1.807, 2.05) is 6.07 Å². The fourth-order valence-electron chi connectivity index (χ4n) is 2.71. The zero-order chi connectivity index (χ0) is 12.5. The summed E-state index contributed by atoms with van der Waals surface area (Å²) in [6.45, 7) is 4.95. The molecule has 2 rings (SSSR count). The van der Waals surface area contributed by atoms with Gasteiger partial charge in [0.15, 0.2) is 0 Å². The predicted octanol–water partition coefficient (Wildman–Crippen LogP) is 2.75. The van der Waals surface area contributed by atoms with E-state index >= 15 is 0 Å². The Kier molecular flexibility index (Phi) is 2.92. The van der Waals surface area contributed by atoms with E-state index in [2.05, 4.69) is 25.2 Å². The third-order valence-electron chi connectivity index (χ3n) is 3.49. The molecule has 0 bridgehead atoms. The molecule has 0 amide bonds. The van der Waals surface area contributed by atoms with E-state index in [4.69, 9.17) is 0 Å². The lowest BCUT2D eigenvalue weighted by molar-refractivity contribution is 0.233. The number of rotatable bonds is 1. The lowest BCUT2D eigenvalue weighted by Crippen LogP contribution is -2.52. The number of hydrogen-bond acceptors (Lipinski definition) is 2. The summed E-state index contributed by atoms with van der Waals surface area (Å²) >= 11 is 0. The van der Waals surface area contributed by atoms with Crippen LogP contribution in [0.1, 0.15) is 32.3 Å². The zero-order valence-electron chi connectivity index (χ0n) is 10.3. The zero-order valence-corrected chi connectivity index (χ0v) is 10.3. The Morgan fingerprint density at radius 1 is 1.41 bits per heavy atom. The molecule has 0 aliphatic carbocycles. The van der Waals surface area contributed by atoms with Gasteiger partial charge in [0.2, 0.25) is 0 Å². The number of nitrogens with one attached hydrogen (secondary N) is 1. The van der Waals surface area contributed by atoms with E-state index in [0.717, 1.165) is 18.5 Å². The fraction of sp³-hybridized carbons (Fsp3) is 0.500. The molecule has 1 aromatic rings. The first kappa shape index (κ1) is 12.1.